The summed E-state index contributed by atoms with van der Waals surface area (Å²) in [6, 6.07) is 13.9. The second-order valence-corrected chi connectivity index (χ2v) is 8.27. The van der Waals surface area contributed by atoms with Gasteiger partial charge in [0.25, 0.3) is 0 Å². The van der Waals surface area contributed by atoms with Crippen molar-refractivity contribution < 1.29 is 27.4 Å². The lowest BCUT2D eigenvalue weighted by Gasteiger charge is -2.21. The number of fused-ring (bicyclic) bond motifs is 1. The van der Waals surface area contributed by atoms with Crippen LogP contribution in [0.5, 0.6) is 17.2 Å². The van der Waals surface area contributed by atoms with Crippen LogP contribution in [0.2, 0.25) is 5.02 Å². The number of nitrogens with one attached hydrogen (secondary N) is 3. The molecule has 0 unspecified atom stereocenters. The van der Waals surface area contributed by atoms with Gasteiger partial charge in [-0.1, -0.05) is 17.7 Å². The lowest BCUT2D eigenvalue weighted by Crippen LogP contribution is -2.21. The topological polar surface area (TPSA) is 76.1 Å². The van der Waals surface area contributed by atoms with E-state index < -0.39 is 16.8 Å². The number of anilines is 3. The second-order valence-electron chi connectivity index (χ2n) is 7.45. The minimum absolute atomic E-state index is 0.0870. The summed E-state index contributed by atoms with van der Waals surface area (Å²) in [6.45, 7) is 0.310. The molecule has 1 aliphatic rings. The molecule has 0 saturated heterocycles. The number of rotatable bonds is 5. The van der Waals surface area contributed by atoms with E-state index in [2.05, 4.69) is 20.9 Å². The quantitative estimate of drug-likeness (QED) is 0.326. The highest BCUT2D eigenvalue weighted by molar-refractivity contribution is 7.80. The third kappa shape index (κ3) is 5.74. The maximum Gasteiger partial charge on any atom is 0.417 e. The molecule has 0 amide bonds. The summed E-state index contributed by atoms with van der Waals surface area (Å²) in [5, 5.41) is 8.52. The van der Waals surface area contributed by atoms with E-state index in [9.17, 15) is 13.2 Å². The summed E-state index contributed by atoms with van der Waals surface area (Å²) in [6.07, 6.45) is -4.58. The normalized spacial score (nSPS) is 12.6. The molecule has 0 radical (unpaired) electrons. The highest BCUT2D eigenvalue weighted by Crippen LogP contribution is 2.37. The van der Waals surface area contributed by atoms with E-state index in [1.165, 1.54) is 13.2 Å². The van der Waals surface area contributed by atoms with Gasteiger partial charge in [0.1, 0.15) is 12.4 Å². The van der Waals surface area contributed by atoms with Gasteiger partial charge in [0.2, 0.25) is 5.90 Å². The molecule has 3 N–H and O–H groups in total. The third-order valence-corrected chi connectivity index (χ3v) is 5.62. The van der Waals surface area contributed by atoms with E-state index >= 15 is 0 Å². The maximum absolute atomic E-state index is 13.1. The number of methoxy groups -OCH3 is 2. The van der Waals surface area contributed by atoms with Crippen LogP contribution in [0.4, 0.5) is 30.2 Å². The van der Waals surface area contributed by atoms with E-state index in [1.807, 2.05) is 0 Å². The van der Waals surface area contributed by atoms with Gasteiger partial charge in [-0.15, -0.1) is 0 Å². The second kappa shape index (κ2) is 10.5. The van der Waals surface area contributed by atoms with Crippen molar-refractivity contribution in [2.45, 2.75) is 6.18 Å². The Morgan fingerprint density at radius 3 is 2.39 bits per heavy atom. The van der Waals surface area contributed by atoms with E-state index in [1.54, 1.807) is 43.5 Å². The fourth-order valence-corrected chi connectivity index (χ4v) is 3.89. The molecule has 12 heteroatoms. The number of hydrogen-bond acceptors (Lipinski definition) is 6. The molecule has 0 saturated carbocycles. The van der Waals surface area contributed by atoms with Crippen molar-refractivity contribution in [3.05, 3.63) is 70.7 Å². The number of nitrogens with zero attached hydrogens (tertiary/aromatic N) is 1. The molecule has 7 nitrogen and oxygen atoms in total. The zero-order chi connectivity index (χ0) is 25.9. The number of thiocarbonyl (C=S) groups is 1. The minimum Gasteiger partial charge on any atom is -0.493 e. The molecule has 188 valence electrons. The van der Waals surface area contributed by atoms with Crippen molar-refractivity contribution in [2.24, 2.45) is 4.99 Å². The van der Waals surface area contributed by atoms with Gasteiger partial charge < -0.3 is 30.2 Å². The van der Waals surface area contributed by atoms with Crippen molar-refractivity contribution in [3.8, 4) is 17.2 Å². The van der Waals surface area contributed by atoms with E-state index in [-0.39, 0.29) is 10.8 Å². The monoisotopic (exact) mass is 536 g/mol. The van der Waals surface area contributed by atoms with Crippen molar-refractivity contribution in [2.75, 3.05) is 36.8 Å². The Balaban J connectivity index is 1.48. The smallest absolute Gasteiger partial charge is 0.417 e. The van der Waals surface area contributed by atoms with Crippen LogP contribution >= 0.6 is 23.8 Å². The molecule has 3 aromatic rings. The Hall–Kier alpha value is -3.70. The number of halogens is 4. The number of ether oxygens (including phenoxy) is 3. The van der Waals surface area contributed by atoms with Gasteiger partial charge in [0, 0.05) is 23.5 Å². The van der Waals surface area contributed by atoms with Crippen molar-refractivity contribution in [1.29, 1.82) is 0 Å². The predicted molar refractivity (Wildman–Crippen MR) is 138 cm³/mol. The lowest BCUT2D eigenvalue weighted by atomic mass is 10.1. The molecule has 4 rings (SSSR count). The first-order valence-electron chi connectivity index (χ1n) is 10.5. The molecular weight excluding hydrogens is 517 g/mol. The molecule has 3 aromatic carbocycles. The van der Waals surface area contributed by atoms with Crippen LogP contribution in [-0.4, -0.2) is 31.9 Å². The maximum atomic E-state index is 13.1. The molecule has 0 aromatic heterocycles. The first-order valence-corrected chi connectivity index (χ1v) is 11.2. The fraction of sp³-hybridized carbons (Fsp3) is 0.167. The summed E-state index contributed by atoms with van der Waals surface area (Å²) in [4.78, 5) is 4.40. The predicted octanol–water partition coefficient (Wildman–Crippen LogP) is 6.39. The van der Waals surface area contributed by atoms with Crippen LogP contribution in [0, 0.1) is 0 Å². The fourth-order valence-electron chi connectivity index (χ4n) is 3.43. The van der Waals surface area contributed by atoms with E-state index in [4.69, 9.17) is 38.0 Å². The lowest BCUT2D eigenvalue weighted by molar-refractivity contribution is -0.137. The Morgan fingerprint density at radius 2 is 1.69 bits per heavy atom. The van der Waals surface area contributed by atoms with Crippen LogP contribution in [-0.2, 0) is 6.18 Å². The molecule has 1 aliphatic heterocycles. The highest BCUT2D eigenvalue weighted by atomic mass is 35.5. The molecule has 0 atom stereocenters. The van der Waals surface area contributed by atoms with Gasteiger partial charge >= 0.3 is 6.18 Å². The SMILES string of the molecule is COc1cc2c(cc1OC)C(Oc1cccc(NC(=S)Nc3ccc(Cl)c(C(F)(F)F)c3)c1)=NCN2. The van der Waals surface area contributed by atoms with Gasteiger partial charge in [0.05, 0.1) is 36.1 Å². The number of hydrogen-bond donors (Lipinski definition) is 3. The van der Waals surface area contributed by atoms with Gasteiger partial charge in [0.15, 0.2) is 16.6 Å². The average molecular weight is 537 g/mol. The highest BCUT2D eigenvalue weighted by Gasteiger charge is 2.33. The number of aliphatic imine (C=N–C) groups is 1. The molecule has 0 bridgehead atoms. The van der Waals surface area contributed by atoms with Crippen molar-refractivity contribution >= 4 is 51.9 Å². The molecule has 0 aliphatic carbocycles. The van der Waals surface area contributed by atoms with Crippen LogP contribution in [0.15, 0.2) is 59.6 Å². The summed E-state index contributed by atoms with van der Waals surface area (Å²) in [7, 11) is 3.09. The molecule has 36 heavy (non-hydrogen) atoms. The first-order chi connectivity index (χ1) is 17.2. The summed E-state index contributed by atoms with van der Waals surface area (Å²) >= 11 is 10.9. The van der Waals surface area contributed by atoms with E-state index in [0.717, 1.165) is 17.8 Å². The van der Waals surface area contributed by atoms with Gasteiger partial charge in [-0.05, 0) is 48.6 Å². The Labute approximate surface area is 215 Å². The average Bonchev–Trinajstić information content (AvgIpc) is 2.84. The van der Waals surface area contributed by atoms with Crippen molar-refractivity contribution in [3.63, 3.8) is 0 Å². The first kappa shape index (κ1) is 25.4. The minimum atomic E-state index is -4.58. The third-order valence-electron chi connectivity index (χ3n) is 5.08. The molecule has 1 heterocycles. The standard InChI is InChI=1S/C24H20ClF3N4O3S/c1-33-20-10-16-19(11-21(20)34-2)29-12-30-22(16)35-15-5-3-4-13(8-15)31-23(36)32-14-6-7-18(25)17(9-14)24(26,27)28/h3-11,29H,12H2,1-2H3,(H2,31,32,36). The zero-order valence-corrected chi connectivity index (χ0v) is 20.6. The Bertz CT molecular complexity index is 1330. The van der Waals surface area contributed by atoms with Gasteiger partial charge in [-0.25, -0.2) is 4.99 Å². The van der Waals surface area contributed by atoms with Gasteiger partial charge in [-0.3, -0.25) is 0 Å². The number of benzene rings is 3. The molecular formula is C24H20ClF3N4O3S. The van der Waals surface area contributed by atoms with Crippen LogP contribution in [0.1, 0.15) is 11.1 Å². The van der Waals surface area contributed by atoms with Crippen molar-refractivity contribution in [1.82, 2.24) is 0 Å². The van der Waals surface area contributed by atoms with Crippen LogP contribution < -0.4 is 30.2 Å². The summed E-state index contributed by atoms with van der Waals surface area (Å²) < 4.78 is 56.1. The molecule has 0 fully saturated rings. The van der Waals surface area contributed by atoms with Crippen LogP contribution in [0.25, 0.3) is 0 Å². The Morgan fingerprint density at radius 1 is 1.00 bits per heavy atom. The molecule has 0 spiro atoms. The zero-order valence-electron chi connectivity index (χ0n) is 19.0. The van der Waals surface area contributed by atoms with Crippen LogP contribution in [0.3, 0.4) is 0 Å². The summed E-state index contributed by atoms with van der Waals surface area (Å²) in [5.74, 6) is 1.94. The summed E-state index contributed by atoms with van der Waals surface area (Å²) in [5.41, 5.74) is 1.21. The number of alkyl halides is 3. The largest absolute Gasteiger partial charge is 0.493 e. The Kier molecular flexibility index (Phi) is 7.41. The van der Waals surface area contributed by atoms with E-state index in [0.29, 0.717) is 41.1 Å². The van der Waals surface area contributed by atoms with Gasteiger partial charge in [-0.2, -0.15) is 13.2 Å².